The third-order valence-corrected chi connectivity index (χ3v) is 4.95. The Labute approximate surface area is 158 Å². The van der Waals surface area contributed by atoms with Gasteiger partial charge in [-0.15, -0.1) is 0 Å². The maximum atomic E-state index is 11.7. The molecule has 0 unspecified atom stereocenters. The summed E-state index contributed by atoms with van der Waals surface area (Å²) in [5.41, 5.74) is 0.256. The van der Waals surface area contributed by atoms with Crippen molar-refractivity contribution in [1.29, 1.82) is 0 Å². The van der Waals surface area contributed by atoms with Crippen LogP contribution in [0, 0.1) is 5.41 Å². The van der Waals surface area contributed by atoms with Crippen LogP contribution in [0.15, 0.2) is 0 Å². The SMILES string of the molecule is CCCCCCCCCCCCCCCCNC(=O)CCC(C)(C)C. The van der Waals surface area contributed by atoms with Crippen LogP contribution in [0.5, 0.6) is 0 Å². The highest BCUT2D eigenvalue weighted by Crippen LogP contribution is 2.20. The van der Waals surface area contributed by atoms with Gasteiger partial charge in [0.1, 0.15) is 0 Å². The lowest BCUT2D eigenvalue weighted by Gasteiger charge is -2.17. The predicted octanol–water partition coefficient (Wildman–Crippen LogP) is 7.41. The molecule has 0 saturated heterocycles. The van der Waals surface area contributed by atoms with Gasteiger partial charge in [0.05, 0.1) is 0 Å². The lowest BCUT2D eigenvalue weighted by atomic mass is 9.90. The second kappa shape index (κ2) is 16.9. The fraction of sp³-hybridized carbons (Fsp3) is 0.957. The Hall–Kier alpha value is -0.530. The Morgan fingerprint density at radius 3 is 1.48 bits per heavy atom. The van der Waals surface area contributed by atoms with E-state index >= 15 is 0 Å². The van der Waals surface area contributed by atoms with Crippen molar-refractivity contribution in [3.05, 3.63) is 0 Å². The molecule has 0 aromatic heterocycles. The highest BCUT2D eigenvalue weighted by molar-refractivity contribution is 5.75. The summed E-state index contributed by atoms with van der Waals surface area (Å²) in [4.78, 5) is 11.7. The van der Waals surface area contributed by atoms with E-state index in [0.29, 0.717) is 6.42 Å². The van der Waals surface area contributed by atoms with Gasteiger partial charge in [-0.3, -0.25) is 4.79 Å². The summed E-state index contributed by atoms with van der Waals surface area (Å²) < 4.78 is 0. The van der Waals surface area contributed by atoms with Gasteiger partial charge in [0.25, 0.3) is 0 Å². The van der Waals surface area contributed by atoms with Crippen LogP contribution in [0.2, 0.25) is 0 Å². The molecule has 2 nitrogen and oxygen atoms in total. The van der Waals surface area contributed by atoms with Gasteiger partial charge in [-0.05, 0) is 18.3 Å². The van der Waals surface area contributed by atoms with E-state index in [1.54, 1.807) is 0 Å². The molecule has 0 fully saturated rings. The summed E-state index contributed by atoms with van der Waals surface area (Å²) in [5, 5.41) is 3.06. The molecule has 0 aromatic carbocycles. The lowest BCUT2D eigenvalue weighted by Crippen LogP contribution is -2.25. The molecule has 0 heterocycles. The average Bonchev–Trinajstić information content (AvgIpc) is 2.56. The fourth-order valence-electron chi connectivity index (χ4n) is 3.12. The normalized spacial score (nSPS) is 11.7. The Bertz CT molecular complexity index is 293. The van der Waals surface area contributed by atoms with Gasteiger partial charge in [0.15, 0.2) is 0 Å². The molecule has 0 aliphatic rings. The van der Waals surface area contributed by atoms with Crippen LogP contribution in [0.3, 0.4) is 0 Å². The number of carbonyl (C=O) groups is 1. The van der Waals surface area contributed by atoms with Crippen molar-refractivity contribution >= 4 is 5.91 Å². The fourth-order valence-corrected chi connectivity index (χ4v) is 3.12. The number of carbonyl (C=O) groups excluding carboxylic acids is 1. The summed E-state index contributed by atoms with van der Waals surface area (Å²) in [6.07, 6.45) is 21.0. The van der Waals surface area contributed by atoms with Crippen LogP contribution in [0.25, 0.3) is 0 Å². The Kier molecular flexibility index (Phi) is 16.6. The number of amides is 1. The molecule has 1 amide bonds. The third kappa shape index (κ3) is 21.4. The number of hydrogen-bond donors (Lipinski definition) is 1. The molecule has 0 aromatic rings. The second-order valence-electron chi connectivity index (χ2n) is 9.01. The number of rotatable bonds is 17. The first-order valence-electron chi connectivity index (χ1n) is 11.2. The third-order valence-electron chi connectivity index (χ3n) is 4.95. The molecular weight excluding hydrogens is 306 g/mol. The quantitative estimate of drug-likeness (QED) is 0.271. The number of unbranched alkanes of at least 4 members (excludes halogenated alkanes) is 13. The summed E-state index contributed by atoms with van der Waals surface area (Å²) >= 11 is 0. The second-order valence-corrected chi connectivity index (χ2v) is 9.01. The van der Waals surface area contributed by atoms with Crippen molar-refractivity contribution in [1.82, 2.24) is 5.32 Å². The molecule has 0 saturated carbocycles. The highest BCUT2D eigenvalue weighted by atomic mass is 16.1. The van der Waals surface area contributed by atoms with Gasteiger partial charge in [-0.2, -0.15) is 0 Å². The molecule has 0 bridgehead atoms. The van der Waals surface area contributed by atoms with Crippen molar-refractivity contribution in [2.24, 2.45) is 5.41 Å². The molecule has 2 heteroatoms. The lowest BCUT2D eigenvalue weighted by molar-refractivity contribution is -0.121. The smallest absolute Gasteiger partial charge is 0.220 e. The van der Waals surface area contributed by atoms with Gasteiger partial charge in [-0.1, -0.05) is 111 Å². The van der Waals surface area contributed by atoms with Gasteiger partial charge in [0.2, 0.25) is 5.91 Å². The van der Waals surface area contributed by atoms with Crippen LogP contribution in [-0.4, -0.2) is 12.5 Å². The Morgan fingerprint density at radius 2 is 1.08 bits per heavy atom. The molecule has 0 spiro atoms. The van der Waals surface area contributed by atoms with E-state index in [-0.39, 0.29) is 11.3 Å². The van der Waals surface area contributed by atoms with E-state index in [9.17, 15) is 4.79 Å². The minimum Gasteiger partial charge on any atom is -0.356 e. The molecule has 1 N–H and O–H groups in total. The van der Waals surface area contributed by atoms with E-state index < -0.39 is 0 Å². The molecule has 0 aliphatic carbocycles. The summed E-state index contributed by atoms with van der Waals surface area (Å²) in [6.45, 7) is 9.71. The molecule has 150 valence electrons. The topological polar surface area (TPSA) is 29.1 Å². The summed E-state index contributed by atoms with van der Waals surface area (Å²) in [5.74, 6) is 0.226. The highest BCUT2D eigenvalue weighted by Gasteiger charge is 2.12. The van der Waals surface area contributed by atoms with E-state index in [1.807, 2.05) is 0 Å². The molecule has 0 rings (SSSR count). The number of hydrogen-bond acceptors (Lipinski definition) is 1. The monoisotopic (exact) mass is 353 g/mol. The molecule has 25 heavy (non-hydrogen) atoms. The average molecular weight is 354 g/mol. The predicted molar refractivity (Wildman–Crippen MR) is 112 cm³/mol. The Morgan fingerprint density at radius 1 is 0.680 bits per heavy atom. The van der Waals surface area contributed by atoms with Crippen LogP contribution < -0.4 is 5.32 Å². The van der Waals surface area contributed by atoms with Crippen LogP contribution in [-0.2, 0) is 4.79 Å². The molecule has 0 radical (unpaired) electrons. The van der Waals surface area contributed by atoms with E-state index in [2.05, 4.69) is 33.0 Å². The number of nitrogens with one attached hydrogen (secondary N) is 1. The van der Waals surface area contributed by atoms with Gasteiger partial charge in [-0.25, -0.2) is 0 Å². The zero-order valence-electron chi connectivity index (χ0n) is 17.9. The van der Waals surface area contributed by atoms with Crippen LogP contribution in [0.4, 0.5) is 0 Å². The first-order valence-corrected chi connectivity index (χ1v) is 11.2. The van der Waals surface area contributed by atoms with Gasteiger partial charge >= 0.3 is 0 Å². The maximum absolute atomic E-state index is 11.7. The first-order chi connectivity index (χ1) is 12.0. The first kappa shape index (κ1) is 24.5. The van der Waals surface area contributed by atoms with E-state index in [0.717, 1.165) is 19.4 Å². The molecule has 0 atom stereocenters. The van der Waals surface area contributed by atoms with Crippen molar-refractivity contribution in [3.63, 3.8) is 0 Å². The van der Waals surface area contributed by atoms with Crippen LogP contribution >= 0.6 is 0 Å². The maximum Gasteiger partial charge on any atom is 0.220 e. The van der Waals surface area contributed by atoms with Crippen molar-refractivity contribution < 1.29 is 4.79 Å². The van der Waals surface area contributed by atoms with Crippen molar-refractivity contribution in [3.8, 4) is 0 Å². The molecular formula is C23H47NO. The standard InChI is InChI=1S/C23H47NO/c1-5-6-7-8-9-10-11-12-13-14-15-16-17-18-21-24-22(25)19-20-23(2,3)4/h5-21H2,1-4H3,(H,24,25). The summed E-state index contributed by atoms with van der Waals surface area (Å²) in [6, 6.07) is 0. The largest absolute Gasteiger partial charge is 0.356 e. The van der Waals surface area contributed by atoms with Crippen LogP contribution in [0.1, 0.15) is 130 Å². The van der Waals surface area contributed by atoms with Crippen molar-refractivity contribution in [2.45, 2.75) is 130 Å². The van der Waals surface area contributed by atoms with Crippen molar-refractivity contribution in [2.75, 3.05) is 6.54 Å². The molecule has 0 aliphatic heterocycles. The zero-order chi connectivity index (χ0) is 18.8. The van der Waals surface area contributed by atoms with E-state index in [1.165, 1.54) is 83.5 Å². The Balaban J connectivity index is 3.15. The minimum atomic E-state index is 0.226. The summed E-state index contributed by atoms with van der Waals surface area (Å²) in [7, 11) is 0. The zero-order valence-corrected chi connectivity index (χ0v) is 17.9. The minimum absolute atomic E-state index is 0.226. The van der Waals surface area contributed by atoms with Gasteiger partial charge < -0.3 is 5.32 Å². The van der Waals surface area contributed by atoms with E-state index in [4.69, 9.17) is 0 Å². The van der Waals surface area contributed by atoms with Gasteiger partial charge in [0, 0.05) is 13.0 Å².